The summed E-state index contributed by atoms with van der Waals surface area (Å²) in [6, 6.07) is 8.91. The molecule has 3 N–H and O–H groups in total. The molecule has 0 fully saturated rings. The fourth-order valence-electron chi connectivity index (χ4n) is 3.02. The number of aromatic amines is 1. The summed E-state index contributed by atoms with van der Waals surface area (Å²) in [4.78, 5) is 27.5. The number of hydrogen-bond donors (Lipinski definition) is 3. The predicted molar refractivity (Wildman–Crippen MR) is 114 cm³/mol. The van der Waals surface area contributed by atoms with Crippen LogP contribution in [0.15, 0.2) is 64.2 Å². The molecule has 2 heterocycles. The molecule has 3 rings (SSSR count). The zero-order valence-electron chi connectivity index (χ0n) is 16.4. The van der Waals surface area contributed by atoms with Crippen molar-refractivity contribution in [3.8, 4) is 0 Å². The third kappa shape index (κ3) is 4.37. The first-order valence-electron chi connectivity index (χ1n) is 9.10. The van der Waals surface area contributed by atoms with Gasteiger partial charge in [0.25, 0.3) is 11.5 Å². The number of carbonyl (C=O) groups excluding carboxylic acids is 1. The van der Waals surface area contributed by atoms with Gasteiger partial charge >= 0.3 is 0 Å². The van der Waals surface area contributed by atoms with Crippen LogP contribution >= 0.6 is 11.6 Å². The monoisotopic (exact) mass is 397 g/mol. The third-order valence-electron chi connectivity index (χ3n) is 4.75. The first-order chi connectivity index (χ1) is 13.1. The zero-order chi connectivity index (χ0) is 20.5. The smallest absolute Gasteiger partial charge is 0.271 e. The van der Waals surface area contributed by atoms with Crippen LogP contribution in [0, 0.1) is 0 Å². The van der Waals surface area contributed by atoms with Gasteiger partial charge in [-0.15, -0.1) is 0 Å². The fourth-order valence-corrected chi connectivity index (χ4v) is 3.20. The quantitative estimate of drug-likeness (QED) is 0.663. The van der Waals surface area contributed by atoms with Crippen LogP contribution in [0.5, 0.6) is 0 Å². The molecule has 6 heteroatoms. The number of rotatable bonds is 3. The van der Waals surface area contributed by atoms with E-state index in [1.54, 1.807) is 30.5 Å². The van der Waals surface area contributed by atoms with Crippen molar-refractivity contribution in [2.24, 2.45) is 0 Å². The van der Waals surface area contributed by atoms with Crippen LogP contribution in [0.1, 0.15) is 55.2 Å². The van der Waals surface area contributed by atoms with E-state index in [1.165, 1.54) is 0 Å². The van der Waals surface area contributed by atoms with E-state index in [9.17, 15) is 9.59 Å². The van der Waals surface area contributed by atoms with Gasteiger partial charge in [-0.05, 0) is 53.3 Å². The average Bonchev–Trinajstić information content (AvgIpc) is 2.65. The fraction of sp³-hybridized carbons (Fsp3) is 0.273. The molecule has 1 aliphatic rings. The van der Waals surface area contributed by atoms with Crippen LogP contribution in [-0.4, -0.2) is 10.9 Å². The maximum atomic E-state index is 12.6. The minimum absolute atomic E-state index is 0.00851. The van der Waals surface area contributed by atoms with Gasteiger partial charge in [-0.2, -0.15) is 0 Å². The topological polar surface area (TPSA) is 74.0 Å². The molecule has 1 aromatic carbocycles. The molecular weight excluding hydrogens is 374 g/mol. The van der Waals surface area contributed by atoms with E-state index in [4.69, 9.17) is 11.6 Å². The van der Waals surface area contributed by atoms with Gasteiger partial charge in [0.15, 0.2) is 0 Å². The van der Waals surface area contributed by atoms with E-state index in [0.29, 0.717) is 10.7 Å². The van der Waals surface area contributed by atoms with E-state index in [2.05, 4.69) is 36.4 Å². The number of pyridine rings is 1. The highest BCUT2D eigenvalue weighted by Gasteiger charge is 2.19. The van der Waals surface area contributed by atoms with E-state index in [1.807, 2.05) is 25.1 Å². The van der Waals surface area contributed by atoms with E-state index >= 15 is 0 Å². The lowest BCUT2D eigenvalue weighted by molar-refractivity contribution is 0.102. The van der Waals surface area contributed by atoms with Crippen molar-refractivity contribution < 1.29 is 4.79 Å². The molecule has 1 amide bonds. The summed E-state index contributed by atoms with van der Waals surface area (Å²) in [7, 11) is 0. The Morgan fingerprint density at radius 2 is 1.82 bits per heavy atom. The van der Waals surface area contributed by atoms with Gasteiger partial charge in [-0.3, -0.25) is 9.59 Å². The van der Waals surface area contributed by atoms with Crippen molar-refractivity contribution in [3.05, 3.63) is 86.5 Å². The van der Waals surface area contributed by atoms with E-state index in [-0.39, 0.29) is 28.6 Å². The molecule has 0 radical (unpaired) electrons. The van der Waals surface area contributed by atoms with Crippen LogP contribution in [0.25, 0.3) is 0 Å². The van der Waals surface area contributed by atoms with Crippen molar-refractivity contribution in [2.45, 2.75) is 39.2 Å². The Balaban J connectivity index is 1.82. The number of hydrogen-bond acceptors (Lipinski definition) is 3. The SMILES string of the molecule is CC1=CC=C(Cl)NC1c1c[nH]c(=O)c(NC(=O)c2ccc(C(C)(C)C)cc2)c1. The molecule has 0 saturated carbocycles. The molecule has 0 spiro atoms. The second-order valence-corrected chi connectivity index (χ2v) is 8.37. The minimum Gasteiger partial charge on any atom is -0.365 e. The normalized spacial score (nSPS) is 16.7. The Bertz CT molecular complexity index is 1010. The average molecular weight is 398 g/mol. The lowest BCUT2D eigenvalue weighted by Gasteiger charge is -2.23. The lowest BCUT2D eigenvalue weighted by Crippen LogP contribution is -2.25. The van der Waals surface area contributed by atoms with Crippen LogP contribution < -0.4 is 16.2 Å². The number of H-pyrrole nitrogens is 1. The van der Waals surface area contributed by atoms with E-state index < -0.39 is 0 Å². The number of nitrogens with one attached hydrogen (secondary N) is 3. The molecule has 1 aliphatic heterocycles. The first kappa shape index (κ1) is 20.0. The highest BCUT2D eigenvalue weighted by molar-refractivity contribution is 6.29. The lowest BCUT2D eigenvalue weighted by atomic mass is 9.87. The Morgan fingerprint density at radius 1 is 1.14 bits per heavy atom. The van der Waals surface area contributed by atoms with Gasteiger partial charge in [-0.1, -0.05) is 50.6 Å². The number of allylic oxidation sites excluding steroid dienone is 2. The van der Waals surface area contributed by atoms with Crippen molar-refractivity contribution in [2.75, 3.05) is 5.32 Å². The summed E-state index contributed by atoms with van der Waals surface area (Å²) in [6.07, 6.45) is 5.33. The summed E-state index contributed by atoms with van der Waals surface area (Å²) in [6.45, 7) is 8.32. The zero-order valence-corrected chi connectivity index (χ0v) is 17.1. The summed E-state index contributed by atoms with van der Waals surface area (Å²) < 4.78 is 0. The number of carbonyl (C=O) groups is 1. The number of anilines is 1. The summed E-state index contributed by atoms with van der Waals surface area (Å²) in [5, 5.41) is 6.39. The minimum atomic E-state index is -0.359. The summed E-state index contributed by atoms with van der Waals surface area (Å²) >= 11 is 6.07. The first-order valence-corrected chi connectivity index (χ1v) is 9.48. The van der Waals surface area contributed by atoms with Gasteiger partial charge in [0, 0.05) is 11.8 Å². The second-order valence-electron chi connectivity index (χ2n) is 7.96. The molecule has 28 heavy (non-hydrogen) atoms. The molecule has 0 aliphatic carbocycles. The highest BCUT2D eigenvalue weighted by atomic mass is 35.5. The van der Waals surface area contributed by atoms with Crippen molar-refractivity contribution in [3.63, 3.8) is 0 Å². The largest absolute Gasteiger partial charge is 0.365 e. The van der Waals surface area contributed by atoms with Crippen LogP contribution in [-0.2, 0) is 5.41 Å². The highest BCUT2D eigenvalue weighted by Crippen LogP contribution is 2.27. The predicted octanol–water partition coefficient (Wildman–Crippen LogP) is 4.60. The van der Waals surface area contributed by atoms with Gasteiger partial charge in [0.05, 0.1) is 6.04 Å². The maximum absolute atomic E-state index is 12.6. The van der Waals surface area contributed by atoms with Crippen molar-refractivity contribution >= 4 is 23.2 Å². The summed E-state index contributed by atoms with van der Waals surface area (Å²) in [5.74, 6) is -0.329. The molecule has 5 nitrogen and oxygen atoms in total. The number of amides is 1. The van der Waals surface area contributed by atoms with Gasteiger partial charge < -0.3 is 15.6 Å². The van der Waals surface area contributed by atoms with Crippen LogP contribution in [0.4, 0.5) is 5.69 Å². The molecule has 1 aromatic heterocycles. The van der Waals surface area contributed by atoms with Gasteiger partial charge in [0.2, 0.25) is 0 Å². The summed E-state index contributed by atoms with van der Waals surface area (Å²) in [5.41, 5.74) is 3.33. The molecule has 146 valence electrons. The molecular formula is C22H24ClN3O2. The molecule has 1 unspecified atom stereocenters. The van der Waals surface area contributed by atoms with Crippen LogP contribution in [0.3, 0.4) is 0 Å². The van der Waals surface area contributed by atoms with Gasteiger partial charge in [0.1, 0.15) is 10.8 Å². The molecule has 0 saturated heterocycles. The Hall–Kier alpha value is -2.79. The Kier molecular flexibility index (Phi) is 5.47. The Labute approximate surface area is 169 Å². The van der Waals surface area contributed by atoms with Crippen molar-refractivity contribution in [1.82, 2.24) is 10.3 Å². The molecule has 0 bridgehead atoms. The Morgan fingerprint density at radius 3 is 2.46 bits per heavy atom. The molecule has 2 aromatic rings. The standard InChI is InChI=1S/C22H24ClN3O2/c1-13-5-10-18(23)26-19(13)15-11-17(21(28)24-12-15)25-20(27)14-6-8-16(9-7-14)22(2,3)4/h5-12,19,26H,1-4H3,(H,24,28)(H,25,27). The number of dihydropyridines is 1. The maximum Gasteiger partial charge on any atom is 0.271 e. The third-order valence-corrected chi connectivity index (χ3v) is 4.99. The number of aromatic nitrogens is 1. The van der Waals surface area contributed by atoms with Crippen molar-refractivity contribution in [1.29, 1.82) is 0 Å². The van der Waals surface area contributed by atoms with Crippen LogP contribution in [0.2, 0.25) is 0 Å². The number of halogens is 1. The molecule has 1 atom stereocenters. The van der Waals surface area contributed by atoms with E-state index in [0.717, 1.165) is 16.7 Å². The van der Waals surface area contributed by atoms with Gasteiger partial charge in [-0.25, -0.2) is 0 Å². The second kappa shape index (κ2) is 7.68. The number of benzene rings is 1.